The highest BCUT2D eigenvalue weighted by atomic mass is 14.9. The first-order chi connectivity index (χ1) is 4.20. The van der Waals surface area contributed by atoms with Gasteiger partial charge in [0.2, 0.25) is 0 Å². The first-order valence-corrected chi connectivity index (χ1v) is 3.93. The predicted octanol–water partition coefficient (Wildman–Crippen LogP) is 1.64. The third-order valence-corrected chi connectivity index (χ3v) is 2.19. The molecule has 1 heterocycles. The molecule has 1 N–H and O–H groups in total. The average molecular weight is 127 g/mol. The van der Waals surface area contributed by atoms with Crippen LogP contribution in [0.1, 0.15) is 27.2 Å². The Morgan fingerprint density at radius 1 is 1.44 bits per heavy atom. The van der Waals surface area contributed by atoms with E-state index in [1.807, 2.05) is 0 Å². The lowest BCUT2D eigenvalue weighted by molar-refractivity contribution is 0.444. The van der Waals surface area contributed by atoms with E-state index < -0.39 is 0 Å². The molecular formula is C8H17N. The van der Waals surface area contributed by atoms with Crippen LogP contribution in [0.25, 0.3) is 0 Å². The van der Waals surface area contributed by atoms with Gasteiger partial charge in [-0.05, 0) is 24.8 Å². The van der Waals surface area contributed by atoms with E-state index in [2.05, 4.69) is 26.1 Å². The molecule has 0 amide bonds. The average Bonchev–Trinajstić information content (AvgIpc) is 2.14. The van der Waals surface area contributed by atoms with Crippen molar-refractivity contribution < 1.29 is 0 Å². The Labute approximate surface area is 57.8 Å². The molecule has 1 saturated heterocycles. The van der Waals surface area contributed by atoms with Gasteiger partial charge in [-0.2, -0.15) is 0 Å². The van der Waals surface area contributed by atoms with E-state index in [1.165, 1.54) is 13.0 Å². The zero-order chi connectivity index (χ0) is 6.85. The van der Waals surface area contributed by atoms with E-state index in [4.69, 9.17) is 0 Å². The Kier molecular flexibility index (Phi) is 2.12. The summed E-state index contributed by atoms with van der Waals surface area (Å²) < 4.78 is 0. The fourth-order valence-corrected chi connectivity index (χ4v) is 1.46. The molecule has 9 heavy (non-hydrogen) atoms. The van der Waals surface area contributed by atoms with E-state index in [0.29, 0.717) is 0 Å². The maximum Gasteiger partial charge on any atom is 0.00931 e. The Morgan fingerprint density at radius 3 is 2.33 bits per heavy atom. The number of nitrogens with one attached hydrogen (secondary N) is 1. The van der Waals surface area contributed by atoms with Gasteiger partial charge in [0.25, 0.3) is 0 Å². The zero-order valence-electron chi connectivity index (χ0n) is 6.65. The third-order valence-electron chi connectivity index (χ3n) is 2.19. The van der Waals surface area contributed by atoms with Gasteiger partial charge in [-0.3, -0.25) is 0 Å². The molecule has 0 saturated carbocycles. The minimum Gasteiger partial charge on any atom is -0.313 e. The minimum atomic E-state index is 0.792. The van der Waals surface area contributed by atoms with E-state index in [-0.39, 0.29) is 0 Å². The molecule has 0 radical (unpaired) electrons. The first kappa shape index (κ1) is 7.07. The summed E-state index contributed by atoms with van der Waals surface area (Å²) >= 11 is 0. The van der Waals surface area contributed by atoms with Gasteiger partial charge in [0.15, 0.2) is 0 Å². The van der Waals surface area contributed by atoms with Crippen LogP contribution in [0.5, 0.6) is 0 Å². The minimum absolute atomic E-state index is 0.792. The molecule has 0 aromatic heterocycles. The fraction of sp³-hybridized carbons (Fsp3) is 1.00. The summed E-state index contributed by atoms with van der Waals surface area (Å²) in [6.07, 6.45) is 1.37. The molecule has 0 aromatic rings. The van der Waals surface area contributed by atoms with Crippen LogP contribution in [0.15, 0.2) is 0 Å². The summed E-state index contributed by atoms with van der Waals surface area (Å²) in [6.45, 7) is 8.11. The summed E-state index contributed by atoms with van der Waals surface area (Å²) in [7, 11) is 0. The van der Waals surface area contributed by atoms with Gasteiger partial charge in [-0.1, -0.05) is 20.8 Å². The first-order valence-electron chi connectivity index (χ1n) is 3.93. The van der Waals surface area contributed by atoms with Crippen LogP contribution in [-0.2, 0) is 0 Å². The highest BCUT2D eigenvalue weighted by Gasteiger charge is 2.22. The van der Waals surface area contributed by atoms with Gasteiger partial charge in [0, 0.05) is 6.04 Å². The molecule has 1 nitrogen and oxygen atoms in total. The van der Waals surface area contributed by atoms with Crippen LogP contribution in [0.3, 0.4) is 0 Å². The Bertz CT molecular complexity index is 88.6. The molecule has 2 atom stereocenters. The summed E-state index contributed by atoms with van der Waals surface area (Å²) in [6, 6.07) is 0.792. The molecular weight excluding hydrogens is 110 g/mol. The number of rotatable bonds is 1. The van der Waals surface area contributed by atoms with Crippen LogP contribution in [0.4, 0.5) is 0 Å². The van der Waals surface area contributed by atoms with Gasteiger partial charge < -0.3 is 5.32 Å². The lowest BCUT2D eigenvalue weighted by Crippen LogP contribution is -2.26. The van der Waals surface area contributed by atoms with Crippen molar-refractivity contribution in [1.82, 2.24) is 5.32 Å². The van der Waals surface area contributed by atoms with Crippen molar-refractivity contribution in [3.8, 4) is 0 Å². The number of hydrogen-bond acceptors (Lipinski definition) is 1. The lowest BCUT2D eigenvalue weighted by Gasteiger charge is -2.13. The van der Waals surface area contributed by atoms with Crippen LogP contribution < -0.4 is 5.32 Å². The van der Waals surface area contributed by atoms with Crippen LogP contribution in [-0.4, -0.2) is 12.6 Å². The van der Waals surface area contributed by atoms with Gasteiger partial charge >= 0.3 is 0 Å². The van der Waals surface area contributed by atoms with E-state index in [0.717, 1.165) is 17.9 Å². The summed E-state index contributed by atoms with van der Waals surface area (Å²) in [4.78, 5) is 0. The van der Waals surface area contributed by atoms with E-state index in [1.54, 1.807) is 0 Å². The SMILES string of the molecule is CC(C)[C@@H]1C[C@@H](C)CN1. The molecule has 54 valence electrons. The number of hydrogen-bond donors (Lipinski definition) is 1. The Hall–Kier alpha value is -0.0400. The normalized spacial score (nSPS) is 36.0. The van der Waals surface area contributed by atoms with Gasteiger partial charge in [-0.25, -0.2) is 0 Å². The van der Waals surface area contributed by atoms with Crippen molar-refractivity contribution in [2.24, 2.45) is 11.8 Å². The van der Waals surface area contributed by atoms with Gasteiger partial charge in [0.1, 0.15) is 0 Å². The fourth-order valence-electron chi connectivity index (χ4n) is 1.46. The second kappa shape index (κ2) is 2.70. The Balaban J connectivity index is 2.30. The molecule has 0 unspecified atom stereocenters. The standard InChI is InChI=1S/C8H17N/c1-6(2)8-4-7(3)5-9-8/h6-9H,4-5H2,1-3H3/t7-,8+/m1/s1. The van der Waals surface area contributed by atoms with Crippen molar-refractivity contribution in [3.05, 3.63) is 0 Å². The van der Waals surface area contributed by atoms with Crippen LogP contribution in [0.2, 0.25) is 0 Å². The Morgan fingerprint density at radius 2 is 2.11 bits per heavy atom. The van der Waals surface area contributed by atoms with Gasteiger partial charge in [0.05, 0.1) is 0 Å². The molecule has 1 fully saturated rings. The van der Waals surface area contributed by atoms with Crippen molar-refractivity contribution in [1.29, 1.82) is 0 Å². The van der Waals surface area contributed by atoms with Crippen LogP contribution >= 0.6 is 0 Å². The molecule has 1 aliphatic rings. The van der Waals surface area contributed by atoms with E-state index in [9.17, 15) is 0 Å². The third kappa shape index (κ3) is 1.68. The summed E-state index contributed by atoms with van der Waals surface area (Å²) in [5, 5.41) is 3.51. The summed E-state index contributed by atoms with van der Waals surface area (Å²) in [5.41, 5.74) is 0. The van der Waals surface area contributed by atoms with Crippen molar-refractivity contribution in [2.75, 3.05) is 6.54 Å². The van der Waals surface area contributed by atoms with Crippen LogP contribution in [0, 0.1) is 11.8 Å². The quantitative estimate of drug-likeness (QED) is 0.564. The van der Waals surface area contributed by atoms with Crippen molar-refractivity contribution in [2.45, 2.75) is 33.2 Å². The maximum atomic E-state index is 3.51. The second-order valence-electron chi connectivity index (χ2n) is 3.60. The molecule has 1 rings (SSSR count). The summed E-state index contributed by atoms with van der Waals surface area (Å²) in [5.74, 6) is 1.72. The van der Waals surface area contributed by atoms with E-state index >= 15 is 0 Å². The topological polar surface area (TPSA) is 12.0 Å². The highest BCUT2D eigenvalue weighted by molar-refractivity contribution is 4.80. The molecule has 0 spiro atoms. The smallest absolute Gasteiger partial charge is 0.00931 e. The largest absolute Gasteiger partial charge is 0.313 e. The highest BCUT2D eigenvalue weighted by Crippen LogP contribution is 2.18. The molecule has 0 aromatic carbocycles. The lowest BCUT2D eigenvalue weighted by atomic mass is 9.99. The van der Waals surface area contributed by atoms with Crippen molar-refractivity contribution in [3.63, 3.8) is 0 Å². The molecule has 1 heteroatoms. The van der Waals surface area contributed by atoms with Crippen molar-refractivity contribution >= 4 is 0 Å². The predicted molar refractivity (Wildman–Crippen MR) is 40.4 cm³/mol. The maximum absolute atomic E-state index is 3.51. The molecule has 1 aliphatic heterocycles. The second-order valence-corrected chi connectivity index (χ2v) is 3.60. The molecule has 0 aliphatic carbocycles. The monoisotopic (exact) mass is 127 g/mol. The zero-order valence-corrected chi connectivity index (χ0v) is 6.65. The molecule has 0 bridgehead atoms. The van der Waals surface area contributed by atoms with Gasteiger partial charge in [-0.15, -0.1) is 0 Å².